The third-order valence-corrected chi connectivity index (χ3v) is 5.05. The minimum Gasteiger partial charge on any atom is -0.452 e. The number of nitrogens with one attached hydrogen (secondary N) is 1. The van der Waals surface area contributed by atoms with Gasteiger partial charge in [0.25, 0.3) is 5.89 Å². The van der Waals surface area contributed by atoms with E-state index < -0.39 is 16.0 Å². The van der Waals surface area contributed by atoms with Crippen LogP contribution in [0.4, 0.5) is 5.69 Å². The summed E-state index contributed by atoms with van der Waals surface area (Å²) in [5.74, 6) is -0.172. The van der Waals surface area contributed by atoms with Gasteiger partial charge in [0, 0.05) is 23.6 Å². The topological polar surface area (TPSA) is 124 Å². The van der Waals surface area contributed by atoms with Gasteiger partial charge in [-0.15, -0.1) is 0 Å². The molecule has 0 atom stereocenters. The largest absolute Gasteiger partial charge is 0.452 e. The number of aromatic nitrogens is 3. The van der Waals surface area contributed by atoms with Crippen molar-refractivity contribution in [2.75, 3.05) is 10.5 Å². The number of esters is 1. The summed E-state index contributed by atoms with van der Waals surface area (Å²) in [6.07, 6.45) is 3.71. The summed E-state index contributed by atoms with van der Waals surface area (Å²) in [5, 5.41) is 3.81. The highest BCUT2D eigenvalue weighted by molar-refractivity contribution is 7.92. The molecule has 3 aromatic rings. The van der Waals surface area contributed by atoms with Gasteiger partial charge in [-0.05, 0) is 36.8 Å². The minimum absolute atomic E-state index is 0.00188. The van der Waals surface area contributed by atoms with Crippen molar-refractivity contribution in [3.63, 3.8) is 0 Å². The standard InChI is InChI=1S/C18H18N4O5S/c1-2-9-28(24,25)22-15-7-3-5-13(10-15)18(23)26-12-16-20-17(21-27-16)14-6-4-8-19-11-14/h3-8,10-11,22H,2,9,12H2,1H3. The third kappa shape index (κ3) is 5.13. The number of carbonyl (C=O) groups is 1. The molecule has 0 aliphatic heterocycles. The lowest BCUT2D eigenvalue weighted by Crippen LogP contribution is -2.16. The molecule has 0 amide bonds. The number of anilines is 1. The Hall–Kier alpha value is -3.27. The lowest BCUT2D eigenvalue weighted by molar-refractivity contribution is 0.0430. The molecule has 9 nitrogen and oxygen atoms in total. The van der Waals surface area contributed by atoms with Crippen LogP contribution in [-0.2, 0) is 21.4 Å². The lowest BCUT2D eigenvalue weighted by Gasteiger charge is -2.08. The van der Waals surface area contributed by atoms with E-state index in [0.717, 1.165) is 0 Å². The van der Waals surface area contributed by atoms with Gasteiger partial charge in [-0.1, -0.05) is 18.1 Å². The van der Waals surface area contributed by atoms with Gasteiger partial charge in [-0.25, -0.2) is 13.2 Å². The number of carbonyl (C=O) groups excluding carboxylic acids is 1. The van der Waals surface area contributed by atoms with Gasteiger partial charge in [0.05, 0.1) is 11.3 Å². The Labute approximate surface area is 161 Å². The van der Waals surface area contributed by atoms with Gasteiger partial charge in [-0.3, -0.25) is 9.71 Å². The van der Waals surface area contributed by atoms with E-state index in [9.17, 15) is 13.2 Å². The van der Waals surface area contributed by atoms with E-state index in [2.05, 4.69) is 19.8 Å². The van der Waals surface area contributed by atoms with E-state index in [0.29, 0.717) is 23.5 Å². The van der Waals surface area contributed by atoms with Gasteiger partial charge < -0.3 is 9.26 Å². The number of rotatable bonds is 8. The molecule has 3 rings (SSSR count). The Morgan fingerprint density at radius 2 is 2.11 bits per heavy atom. The SMILES string of the molecule is CCCS(=O)(=O)Nc1cccc(C(=O)OCc2nc(-c3cccnc3)no2)c1. The molecule has 0 aliphatic carbocycles. The van der Waals surface area contributed by atoms with Gasteiger partial charge in [0.2, 0.25) is 15.8 Å². The van der Waals surface area contributed by atoms with Gasteiger partial charge in [-0.2, -0.15) is 4.98 Å². The number of pyridine rings is 1. The Morgan fingerprint density at radius 1 is 1.25 bits per heavy atom. The van der Waals surface area contributed by atoms with Crippen molar-refractivity contribution >= 4 is 21.7 Å². The van der Waals surface area contributed by atoms with Gasteiger partial charge in [0.1, 0.15) is 0 Å². The maximum Gasteiger partial charge on any atom is 0.338 e. The molecule has 0 bridgehead atoms. The molecule has 0 spiro atoms. The average molecular weight is 402 g/mol. The van der Waals surface area contributed by atoms with Crippen molar-refractivity contribution in [2.45, 2.75) is 20.0 Å². The van der Waals surface area contributed by atoms with Crippen molar-refractivity contribution in [3.8, 4) is 11.4 Å². The fraction of sp³-hybridized carbons (Fsp3) is 0.222. The zero-order valence-electron chi connectivity index (χ0n) is 15.0. The van der Waals surface area contributed by atoms with Gasteiger partial charge >= 0.3 is 5.97 Å². The normalized spacial score (nSPS) is 11.2. The van der Waals surface area contributed by atoms with Crippen LogP contribution >= 0.6 is 0 Å². The molecule has 1 N–H and O–H groups in total. The average Bonchev–Trinajstić information content (AvgIpc) is 3.15. The Balaban J connectivity index is 1.63. The summed E-state index contributed by atoms with van der Waals surface area (Å²) in [5.41, 5.74) is 1.17. The summed E-state index contributed by atoms with van der Waals surface area (Å²) in [7, 11) is -3.45. The van der Waals surface area contributed by atoms with Crippen molar-refractivity contribution in [1.29, 1.82) is 0 Å². The third-order valence-electron chi connectivity index (χ3n) is 3.56. The van der Waals surface area contributed by atoms with Crippen molar-refractivity contribution in [2.24, 2.45) is 0 Å². The number of sulfonamides is 1. The maximum atomic E-state index is 12.2. The molecule has 146 valence electrons. The maximum absolute atomic E-state index is 12.2. The first kappa shape index (κ1) is 19.5. The fourth-order valence-corrected chi connectivity index (χ4v) is 3.47. The molecular formula is C18H18N4O5S. The van der Waals surface area contributed by atoms with Crippen molar-refractivity contribution in [3.05, 3.63) is 60.2 Å². The first-order valence-corrected chi connectivity index (χ1v) is 10.1. The van der Waals surface area contributed by atoms with Crippen LogP contribution < -0.4 is 4.72 Å². The molecule has 2 heterocycles. The molecular weight excluding hydrogens is 384 g/mol. The Bertz CT molecular complexity index is 1050. The van der Waals surface area contributed by atoms with E-state index in [-0.39, 0.29) is 23.8 Å². The molecule has 28 heavy (non-hydrogen) atoms. The predicted molar refractivity (Wildman–Crippen MR) is 101 cm³/mol. The van der Waals surface area contributed by atoms with Crippen molar-refractivity contribution < 1.29 is 22.5 Å². The highest BCUT2D eigenvalue weighted by Crippen LogP contribution is 2.16. The zero-order chi connectivity index (χ0) is 20.0. The van der Waals surface area contributed by atoms with Crippen LogP contribution in [0.3, 0.4) is 0 Å². The summed E-state index contributed by atoms with van der Waals surface area (Å²) in [6, 6.07) is 9.57. The summed E-state index contributed by atoms with van der Waals surface area (Å²) in [6.45, 7) is 1.56. The number of nitrogens with zero attached hydrogens (tertiary/aromatic N) is 3. The predicted octanol–water partition coefficient (Wildman–Crippen LogP) is 2.64. The van der Waals surface area contributed by atoms with E-state index in [1.54, 1.807) is 43.6 Å². The molecule has 1 aromatic carbocycles. The summed E-state index contributed by atoms with van der Waals surface area (Å²) >= 11 is 0. The number of hydrogen-bond acceptors (Lipinski definition) is 8. The van der Waals surface area contributed by atoms with Crippen molar-refractivity contribution in [1.82, 2.24) is 15.1 Å². The number of ether oxygens (including phenoxy) is 1. The highest BCUT2D eigenvalue weighted by atomic mass is 32.2. The fourth-order valence-electron chi connectivity index (χ4n) is 2.35. The molecule has 0 saturated heterocycles. The number of hydrogen-bond donors (Lipinski definition) is 1. The van der Waals surface area contributed by atoms with Crippen LogP contribution in [0, 0.1) is 0 Å². The molecule has 0 fully saturated rings. The van der Waals surface area contributed by atoms with E-state index in [1.807, 2.05) is 0 Å². The molecule has 0 aliphatic rings. The monoisotopic (exact) mass is 402 g/mol. The first-order chi connectivity index (χ1) is 13.5. The van der Waals surface area contributed by atoms with E-state index in [4.69, 9.17) is 9.26 Å². The molecule has 0 radical (unpaired) electrons. The van der Waals surface area contributed by atoms with Crippen LogP contribution in [-0.4, -0.2) is 35.3 Å². The second-order valence-corrected chi connectivity index (χ2v) is 7.67. The molecule has 0 unspecified atom stereocenters. The second-order valence-electron chi connectivity index (χ2n) is 5.83. The second kappa shape index (κ2) is 8.61. The quantitative estimate of drug-likeness (QED) is 0.570. The molecule has 0 saturated carbocycles. The Morgan fingerprint density at radius 3 is 2.86 bits per heavy atom. The smallest absolute Gasteiger partial charge is 0.338 e. The van der Waals surface area contributed by atoms with Crippen LogP contribution in [0.5, 0.6) is 0 Å². The van der Waals surface area contributed by atoms with E-state index >= 15 is 0 Å². The van der Waals surface area contributed by atoms with Crippen LogP contribution in [0.25, 0.3) is 11.4 Å². The first-order valence-electron chi connectivity index (χ1n) is 8.47. The molecule has 10 heteroatoms. The van der Waals surface area contributed by atoms with Crippen LogP contribution in [0.2, 0.25) is 0 Å². The lowest BCUT2D eigenvalue weighted by atomic mass is 10.2. The highest BCUT2D eigenvalue weighted by Gasteiger charge is 2.14. The van der Waals surface area contributed by atoms with Gasteiger partial charge in [0.15, 0.2) is 6.61 Å². The molecule has 2 aromatic heterocycles. The summed E-state index contributed by atoms with van der Waals surface area (Å²) in [4.78, 5) is 20.4. The van der Waals surface area contributed by atoms with E-state index in [1.165, 1.54) is 12.1 Å². The van der Waals surface area contributed by atoms with Crippen LogP contribution in [0.15, 0.2) is 53.3 Å². The number of benzene rings is 1. The Kier molecular flexibility index (Phi) is 5.99. The van der Waals surface area contributed by atoms with Crippen LogP contribution in [0.1, 0.15) is 29.6 Å². The minimum atomic E-state index is -3.45. The summed E-state index contributed by atoms with van der Waals surface area (Å²) < 4.78 is 36.4. The zero-order valence-corrected chi connectivity index (χ0v) is 15.8.